The monoisotopic (exact) mass is 687 g/mol. The molecule has 1 aliphatic heterocycles. The number of halogens is 3. The number of carbonyl (C=O) groups is 2. The number of hydrogen-bond acceptors (Lipinski definition) is 12. The largest absolute Gasteiger partial charge is 0.490 e. The zero-order chi connectivity index (χ0) is 34.7. The molecule has 47 heavy (non-hydrogen) atoms. The molecular formula is C27H36F3N9O7S. The van der Waals surface area contributed by atoms with Crippen LogP contribution >= 0.6 is 0 Å². The third-order valence-electron chi connectivity index (χ3n) is 7.79. The fourth-order valence-corrected chi connectivity index (χ4v) is 5.80. The van der Waals surface area contributed by atoms with E-state index >= 15 is 0 Å². The molecule has 0 bridgehead atoms. The standard InChI is InChI=1S/C25H35N9O5S.C2HF3O2/c1-2-19(35)30-17-11-18(22(37)21(17)36)34-13-29-20-23(31-25(32-24(20)34)33-10-8-15(26)12-33)28-9-7-14-3-5-16(6-4-14)40(27,38)39;3-2(4,5)1(6)7/h3-6,13,15,17-18,21-22,36-37H,2,7-12,26H2,1H3,(H,30,35)(H2,27,38,39)(H,28,31,32);(H,6,7)/t15-,17+,18-,21-,22+;/m1./s1. The summed E-state index contributed by atoms with van der Waals surface area (Å²) in [4.78, 5) is 37.0. The number of alkyl halides is 3. The molecule has 20 heteroatoms. The van der Waals surface area contributed by atoms with Gasteiger partial charge in [0.05, 0.1) is 23.3 Å². The van der Waals surface area contributed by atoms with E-state index in [1.807, 2.05) is 4.90 Å². The van der Waals surface area contributed by atoms with E-state index in [1.54, 1.807) is 30.0 Å². The Labute approximate surface area is 267 Å². The number of rotatable bonds is 9. The van der Waals surface area contributed by atoms with Gasteiger partial charge in [0.2, 0.25) is 21.9 Å². The van der Waals surface area contributed by atoms with Crippen LogP contribution < -0.4 is 26.4 Å². The number of carboxylic acid groups (broad SMARTS) is 1. The number of amides is 1. The number of nitrogens with two attached hydrogens (primary N) is 2. The quantitative estimate of drug-likeness (QED) is 0.155. The summed E-state index contributed by atoms with van der Waals surface area (Å²) in [6, 6.07) is 5.22. The van der Waals surface area contributed by atoms with Crippen molar-refractivity contribution in [3.63, 3.8) is 0 Å². The molecule has 5 rings (SSSR count). The number of imidazole rings is 1. The Hall–Kier alpha value is -4.11. The third kappa shape index (κ3) is 8.63. The highest BCUT2D eigenvalue weighted by atomic mass is 32.2. The number of nitrogens with zero attached hydrogens (tertiary/aromatic N) is 5. The number of hydrogen-bond donors (Lipinski definition) is 7. The summed E-state index contributed by atoms with van der Waals surface area (Å²) in [6.07, 6.45) is -3.80. The molecule has 2 fully saturated rings. The Bertz CT molecular complexity index is 1690. The van der Waals surface area contributed by atoms with Crippen molar-refractivity contribution < 1.29 is 46.5 Å². The maximum Gasteiger partial charge on any atom is 0.490 e. The average molecular weight is 688 g/mol. The molecule has 258 valence electrons. The van der Waals surface area contributed by atoms with Gasteiger partial charge in [-0.3, -0.25) is 4.79 Å². The van der Waals surface area contributed by atoms with E-state index in [1.165, 1.54) is 12.1 Å². The van der Waals surface area contributed by atoms with Crippen LogP contribution in [0.25, 0.3) is 11.2 Å². The summed E-state index contributed by atoms with van der Waals surface area (Å²) >= 11 is 0. The molecule has 1 amide bonds. The van der Waals surface area contributed by atoms with E-state index in [-0.39, 0.29) is 23.3 Å². The summed E-state index contributed by atoms with van der Waals surface area (Å²) < 4.78 is 56.5. The summed E-state index contributed by atoms with van der Waals surface area (Å²) in [5, 5.41) is 39.9. The lowest BCUT2D eigenvalue weighted by Crippen LogP contribution is -2.42. The van der Waals surface area contributed by atoms with Crippen molar-refractivity contribution >= 4 is 44.8 Å². The number of aromatic nitrogens is 4. The van der Waals surface area contributed by atoms with E-state index < -0.39 is 46.5 Å². The van der Waals surface area contributed by atoms with E-state index in [4.69, 9.17) is 30.7 Å². The average Bonchev–Trinajstić information content (AvgIpc) is 3.70. The van der Waals surface area contributed by atoms with Crippen molar-refractivity contribution in [2.75, 3.05) is 29.9 Å². The molecule has 1 saturated carbocycles. The SMILES string of the molecule is CCC(=O)N[C@H]1C[C@@H](n2cnc3c(NCCc4ccc(S(N)(=O)=O)cc4)nc(N4CC[C@@H](N)C4)nc32)[C@H](O)[C@@H]1O.O=C(O)C(F)(F)F. The minimum atomic E-state index is -5.08. The van der Waals surface area contributed by atoms with Crippen LogP contribution in [0.2, 0.25) is 0 Å². The van der Waals surface area contributed by atoms with Gasteiger partial charge < -0.3 is 41.2 Å². The Morgan fingerprint density at radius 1 is 1.13 bits per heavy atom. The molecule has 5 atom stereocenters. The van der Waals surface area contributed by atoms with Crippen molar-refractivity contribution in [2.45, 2.75) is 74.0 Å². The lowest BCUT2D eigenvalue weighted by atomic mass is 10.1. The molecule has 3 heterocycles. The summed E-state index contributed by atoms with van der Waals surface area (Å²) in [5.41, 5.74) is 8.03. The molecule has 2 aliphatic rings. The zero-order valence-electron chi connectivity index (χ0n) is 25.1. The summed E-state index contributed by atoms with van der Waals surface area (Å²) in [7, 11) is -3.76. The second kappa shape index (κ2) is 14.3. The minimum absolute atomic E-state index is 0.00987. The Balaban J connectivity index is 0.000000644. The predicted molar refractivity (Wildman–Crippen MR) is 162 cm³/mol. The van der Waals surface area contributed by atoms with E-state index in [0.717, 1.165) is 12.0 Å². The maximum atomic E-state index is 12.0. The highest BCUT2D eigenvalue weighted by molar-refractivity contribution is 7.89. The van der Waals surface area contributed by atoms with Gasteiger partial charge in [-0.1, -0.05) is 19.1 Å². The van der Waals surface area contributed by atoms with Crippen molar-refractivity contribution in [1.82, 2.24) is 24.8 Å². The number of primary sulfonamides is 1. The molecule has 2 aromatic heterocycles. The van der Waals surface area contributed by atoms with Gasteiger partial charge in [-0.25, -0.2) is 23.3 Å². The first-order valence-electron chi connectivity index (χ1n) is 14.6. The highest BCUT2D eigenvalue weighted by Gasteiger charge is 2.44. The molecule has 1 aromatic carbocycles. The molecule has 1 saturated heterocycles. The predicted octanol–water partition coefficient (Wildman–Crippen LogP) is -0.140. The van der Waals surface area contributed by atoms with Crippen LogP contribution in [-0.2, 0) is 26.0 Å². The second-order valence-corrected chi connectivity index (χ2v) is 12.7. The van der Waals surface area contributed by atoms with Crippen LogP contribution in [0.15, 0.2) is 35.5 Å². The van der Waals surface area contributed by atoms with Crippen molar-refractivity contribution in [3.8, 4) is 0 Å². The molecule has 3 aromatic rings. The molecule has 16 nitrogen and oxygen atoms in total. The van der Waals surface area contributed by atoms with Gasteiger partial charge in [0.25, 0.3) is 0 Å². The number of benzene rings is 1. The van der Waals surface area contributed by atoms with Crippen LogP contribution in [0.1, 0.15) is 37.8 Å². The minimum Gasteiger partial charge on any atom is -0.475 e. The first kappa shape index (κ1) is 35.7. The van der Waals surface area contributed by atoms with Gasteiger partial charge >= 0.3 is 12.1 Å². The number of aliphatic hydroxyl groups excluding tert-OH is 2. The number of carboxylic acids is 1. The van der Waals surface area contributed by atoms with Gasteiger partial charge in [0.1, 0.15) is 12.2 Å². The van der Waals surface area contributed by atoms with Crippen LogP contribution in [0.4, 0.5) is 24.9 Å². The molecule has 0 radical (unpaired) electrons. The lowest BCUT2D eigenvalue weighted by Gasteiger charge is -2.20. The summed E-state index contributed by atoms with van der Waals surface area (Å²) in [5.74, 6) is -1.98. The molecule has 0 unspecified atom stereocenters. The molecule has 0 spiro atoms. The van der Waals surface area contributed by atoms with Crippen molar-refractivity contribution in [3.05, 3.63) is 36.2 Å². The van der Waals surface area contributed by atoms with Crippen LogP contribution in [0, 0.1) is 0 Å². The van der Waals surface area contributed by atoms with Gasteiger partial charge in [0, 0.05) is 32.1 Å². The Kier molecular flexibility index (Phi) is 10.9. The Morgan fingerprint density at radius 2 is 1.79 bits per heavy atom. The third-order valence-corrected chi connectivity index (χ3v) is 8.72. The zero-order valence-corrected chi connectivity index (χ0v) is 25.9. The first-order chi connectivity index (χ1) is 22.0. The van der Waals surface area contributed by atoms with Gasteiger partial charge in [-0.05, 0) is 37.0 Å². The fraction of sp³-hybridized carbons (Fsp3) is 0.519. The van der Waals surface area contributed by atoms with E-state index in [9.17, 15) is 36.6 Å². The van der Waals surface area contributed by atoms with Gasteiger partial charge in [-0.2, -0.15) is 23.1 Å². The van der Waals surface area contributed by atoms with Crippen LogP contribution in [0.5, 0.6) is 0 Å². The normalized spacial score (nSPS) is 23.0. The van der Waals surface area contributed by atoms with Gasteiger partial charge in [0.15, 0.2) is 17.0 Å². The van der Waals surface area contributed by atoms with E-state index in [2.05, 4.69) is 15.6 Å². The van der Waals surface area contributed by atoms with Crippen LogP contribution in [-0.4, -0.2) is 105 Å². The van der Waals surface area contributed by atoms with Crippen molar-refractivity contribution in [2.24, 2.45) is 10.9 Å². The van der Waals surface area contributed by atoms with Gasteiger partial charge in [-0.15, -0.1) is 0 Å². The Morgan fingerprint density at radius 3 is 2.34 bits per heavy atom. The number of carbonyl (C=O) groups excluding carboxylic acids is 1. The number of fused-ring (bicyclic) bond motifs is 1. The smallest absolute Gasteiger partial charge is 0.475 e. The van der Waals surface area contributed by atoms with E-state index in [0.29, 0.717) is 55.4 Å². The number of aliphatic hydroxyl groups is 2. The fourth-order valence-electron chi connectivity index (χ4n) is 5.29. The molecule has 9 N–H and O–H groups in total. The number of nitrogens with one attached hydrogen (secondary N) is 2. The van der Waals surface area contributed by atoms with Crippen molar-refractivity contribution in [1.29, 1.82) is 0 Å². The maximum absolute atomic E-state index is 12.0. The second-order valence-electron chi connectivity index (χ2n) is 11.2. The van der Waals surface area contributed by atoms with Crippen LogP contribution in [0.3, 0.4) is 0 Å². The topological polar surface area (TPSA) is 252 Å². The number of aliphatic carboxylic acids is 1. The number of sulfonamides is 1. The number of anilines is 2. The lowest BCUT2D eigenvalue weighted by molar-refractivity contribution is -0.192. The highest BCUT2D eigenvalue weighted by Crippen LogP contribution is 2.35. The molecule has 1 aliphatic carbocycles. The summed E-state index contributed by atoms with van der Waals surface area (Å²) in [6.45, 7) is 3.51. The first-order valence-corrected chi connectivity index (χ1v) is 16.1. The molecular weight excluding hydrogens is 651 g/mol.